The third-order valence-electron chi connectivity index (χ3n) is 4.24. The number of H-pyrrole nitrogens is 1. The van der Waals surface area contributed by atoms with E-state index in [1.54, 1.807) is 48.0 Å². The van der Waals surface area contributed by atoms with Crippen molar-refractivity contribution in [3.8, 4) is 11.4 Å². The molecule has 3 heterocycles. The molecule has 1 aromatic carbocycles. The molecule has 0 fully saturated rings. The molecular formula is C20H14ClN5O3S. The number of aromatic nitrogens is 4. The van der Waals surface area contributed by atoms with Gasteiger partial charge in [-0.25, -0.2) is 9.78 Å². The number of pyridine rings is 1. The summed E-state index contributed by atoms with van der Waals surface area (Å²) in [6, 6.07) is 12.3. The van der Waals surface area contributed by atoms with E-state index in [0.29, 0.717) is 27.1 Å². The highest BCUT2D eigenvalue weighted by Gasteiger charge is 2.17. The lowest BCUT2D eigenvalue weighted by atomic mass is 10.2. The molecule has 0 saturated carbocycles. The number of rotatable bonds is 5. The zero-order chi connectivity index (χ0) is 21.1. The second kappa shape index (κ2) is 8.44. The van der Waals surface area contributed by atoms with Crippen molar-refractivity contribution in [1.29, 1.82) is 0 Å². The summed E-state index contributed by atoms with van der Waals surface area (Å²) in [5.41, 5.74) is 0.287. The van der Waals surface area contributed by atoms with E-state index in [9.17, 15) is 14.4 Å². The average Bonchev–Trinajstić information content (AvgIpc) is 3.21. The van der Waals surface area contributed by atoms with Gasteiger partial charge in [0.05, 0.1) is 12.2 Å². The van der Waals surface area contributed by atoms with Crippen molar-refractivity contribution in [3.05, 3.63) is 97.2 Å². The van der Waals surface area contributed by atoms with Gasteiger partial charge in [0.15, 0.2) is 5.13 Å². The van der Waals surface area contributed by atoms with Gasteiger partial charge in [-0.1, -0.05) is 35.9 Å². The summed E-state index contributed by atoms with van der Waals surface area (Å²) in [6.45, 7) is -0.0595. The van der Waals surface area contributed by atoms with Gasteiger partial charge in [-0.2, -0.15) is 0 Å². The van der Waals surface area contributed by atoms with Gasteiger partial charge >= 0.3 is 5.69 Å². The number of aromatic amines is 1. The molecule has 150 valence electrons. The topological polar surface area (TPSA) is 110 Å². The fourth-order valence-electron chi connectivity index (χ4n) is 2.74. The van der Waals surface area contributed by atoms with Gasteiger partial charge in [0, 0.05) is 22.8 Å². The molecule has 10 heteroatoms. The molecule has 0 radical (unpaired) electrons. The number of thiazole rings is 1. The summed E-state index contributed by atoms with van der Waals surface area (Å²) in [5.74, 6) is -0.675. The molecule has 0 spiro atoms. The molecule has 2 N–H and O–H groups in total. The number of nitrogens with zero attached hydrogens (tertiary/aromatic N) is 3. The van der Waals surface area contributed by atoms with Crippen molar-refractivity contribution in [2.75, 3.05) is 5.32 Å². The number of hydrogen-bond acceptors (Lipinski definition) is 6. The lowest BCUT2D eigenvalue weighted by molar-refractivity contribution is 0.102. The lowest BCUT2D eigenvalue weighted by Gasteiger charge is -2.08. The van der Waals surface area contributed by atoms with Crippen LogP contribution in [0.3, 0.4) is 0 Å². The minimum atomic E-state index is -0.724. The minimum absolute atomic E-state index is 0.0595. The van der Waals surface area contributed by atoms with E-state index in [1.807, 2.05) is 6.07 Å². The summed E-state index contributed by atoms with van der Waals surface area (Å²) >= 11 is 7.33. The van der Waals surface area contributed by atoms with Gasteiger partial charge in [-0.05, 0) is 23.8 Å². The Hall–Kier alpha value is -3.56. The maximum absolute atomic E-state index is 12.8. The summed E-state index contributed by atoms with van der Waals surface area (Å²) in [6.07, 6.45) is 2.74. The Morgan fingerprint density at radius 1 is 1.13 bits per heavy atom. The fourth-order valence-corrected chi connectivity index (χ4v) is 3.64. The number of amides is 1. The quantitative estimate of drug-likeness (QED) is 0.496. The number of nitrogens with one attached hydrogen (secondary N) is 2. The molecule has 0 saturated heterocycles. The zero-order valence-electron chi connectivity index (χ0n) is 15.3. The van der Waals surface area contributed by atoms with E-state index in [0.717, 1.165) is 10.8 Å². The Bertz CT molecular complexity index is 1330. The van der Waals surface area contributed by atoms with Crippen LogP contribution in [0.4, 0.5) is 5.13 Å². The second-order valence-electron chi connectivity index (χ2n) is 6.20. The van der Waals surface area contributed by atoms with Gasteiger partial charge in [-0.3, -0.25) is 24.5 Å². The van der Waals surface area contributed by atoms with Crippen LogP contribution in [0.5, 0.6) is 0 Å². The first kappa shape index (κ1) is 19.7. The third kappa shape index (κ3) is 4.07. The third-order valence-corrected chi connectivity index (χ3v) is 5.37. The van der Waals surface area contributed by atoms with Crippen molar-refractivity contribution >= 4 is 34.0 Å². The van der Waals surface area contributed by atoms with Gasteiger partial charge in [0.1, 0.15) is 11.3 Å². The molecule has 0 aliphatic rings. The largest absolute Gasteiger partial charge is 0.328 e. The molecule has 0 aliphatic carbocycles. The number of carbonyl (C=O) groups excluding carboxylic acids is 1. The van der Waals surface area contributed by atoms with Crippen LogP contribution in [0.25, 0.3) is 11.4 Å². The number of benzene rings is 1. The van der Waals surface area contributed by atoms with E-state index in [2.05, 4.69) is 20.3 Å². The molecule has 0 atom stereocenters. The van der Waals surface area contributed by atoms with Crippen LogP contribution >= 0.6 is 22.9 Å². The Morgan fingerprint density at radius 2 is 1.93 bits per heavy atom. The molecule has 4 aromatic rings. The first-order chi connectivity index (χ1) is 14.5. The van der Waals surface area contributed by atoms with Gasteiger partial charge < -0.3 is 4.98 Å². The maximum Gasteiger partial charge on any atom is 0.328 e. The van der Waals surface area contributed by atoms with Gasteiger partial charge in [0.25, 0.3) is 11.5 Å². The number of carbonyl (C=O) groups is 1. The first-order valence-corrected chi connectivity index (χ1v) is 10.0. The number of hydrogen-bond donors (Lipinski definition) is 2. The Morgan fingerprint density at radius 3 is 2.70 bits per heavy atom. The van der Waals surface area contributed by atoms with Gasteiger partial charge in [-0.15, -0.1) is 11.3 Å². The minimum Gasteiger partial charge on any atom is -0.313 e. The van der Waals surface area contributed by atoms with Crippen LogP contribution < -0.4 is 16.6 Å². The summed E-state index contributed by atoms with van der Waals surface area (Å²) in [7, 11) is 0. The average molecular weight is 440 g/mol. The Balaban J connectivity index is 1.59. The Kier molecular flexibility index (Phi) is 5.55. The van der Waals surface area contributed by atoms with Crippen LogP contribution in [0.15, 0.2) is 69.8 Å². The molecule has 0 unspecified atom stereocenters. The second-order valence-corrected chi connectivity index (χ2v) is 7.46. The summed E-state index contributed by atoms with van der Waals surface area (Å²) in [5, 5.41) is 5.07. The smallest absolute Gasteiger partial charge is 0.313 e. The molecule has 0 aliphatic heterocycles. The number of halogens is 1. The number of anilines is 1. The molecule has 4 rings (SSSR count). The van der Waals surface area contributed by atoms with Crippen LogP contribution in [0, 0.1) is 0 Å². The van der Waals surface area contributed by atoms with Crippen molar-refractivity contribution < 1.29 is 4.79 Å². The molecule has 1 amide bonds. The van der Waals surface area contributed by atoms with E-state index < -0.39 is 17.2 Å². The highest BCUT2D eigenvalue weighted by Crippen LogP contribution is 2.23. The van der Waals surface area contributed by atoms with E-state index in [-0.39, 0.29) is 12.1 Å². The predicted molar refractivity (Wildman–Crippen MR) is 115 cm³/mol. The predicted octanol–water partition coefficient (Wildman–Crippen LogP) is 3.01. The fraction of sp³-hybridized carbons (Fsp3) is 0.0500. The maximum atomic E-state index is 12.8. The van der Waals surface area contributed by atoms with Crippen LogP contribution in [-0.4, -0.2) is 25.4 Å². The van der Waals surface area contributed by atoms with Crippen molar-refractivity contribution in [2.45, 2.75) is 6.54 Å². The normalized spacial score (nSPS) is 10.7. The standard InChI is InChI=1S/C20H14ClN5O3S/c21-14-6-2-1-5-12(14)10-26-18(28)13(9-23-20(26)29)17(27)25-19-24-16(11-30-19)15-7-3-4-8-22-15/h1-9,11H,10H2,(H,23,29)(H,24,25,27). The van der Waals surface area contributed by atoms with E-state index in [1.165, 1.54) is 11.3 Å². The van der Waals surface area contributed by atoms with E-state index >= 15 is 0 Å². The van der Waals surface area contributed by atoms with Crippen molar-refractivity contribution in [1.82, 2.24) is 19.5 Å². The lowest BCUT2D eigenvalue weighted by Crippen LogP contribution is -2.39. The molecule has 0 bridgehead atoms. The van der Waals surface area contributed by atoms with E-state index in [4.69, 9.17) is 11.6 Å². The molecular weight excluding hydrogens is 426 g/mol. The van der Waals surface area contributed by atoms with Crippen molar-refractivity contribution in [2.24, 2.45) is 0 Å². The summed E-state index contributed by atoms with van der Waals surface area (Å²) in [4.78, 5) is 48.5. The van der Waals surface area contributed by atoms with Crippen LogP contribution in [0.1, 0.15) is 15.9 Å². The van der Waals surface area contributed by atoms with Crippen molar-refractivity contribution in [3.63, 3.8) is 0 Å². The Labute approximate surface area is 178 Å². The summed E-state index contributed by atoms with van der Waals surface area (Å²) < 4.78 is 0.928. The first-order valence-electron chi connectivity index (χ1n) is 8.77. The van der Waals surface area contributed by atoms with Gasteiger partial charge in [0.2, 0.25) is 0 Å². The zero-order valence-corrected chi connectivity index (χ0v) is 16.9. The SMILES string of the molecule is O=C(Nc1nc(-c2ccccn2)cs1)c1c[nH]c(=O)n(Cc2ccccc2Cl)c1=O. The molecule has 30 heavy (non-hydrogen) atoms. The molecule has 8 nitrogen and oxygen atoms in total. The highest BCUT2D eigenvalue weighted by atomic mass is 35.5. The van der Waals surface area contributed by atoms with Crippen LogP contribution in [0.2, 0.25) is 5.02 Å². The highest BCUT2D eigenvalue weighted by molar-refractivity contribution is 7.14. The molecule has 3 aromatic heterocycles. The van der Waals surface area contributed by atoms with Crippen LogP contribution in [-0.2, 0) is 6.54 Å². The monoisotopic (exact) mass is 439 g/mol.